The standard InChI is InChI=1S/C9H8N2S2/c10-8-7(9(11)13-12-8)6-4-2-1-3-5-6/h1-5,10H,11H2/p+1. The van der Waals surface area contributed by atoms with Crippen molar-refractivity contribution in [3.63, 3.8) is 0 Å². The van der Waals surface area contributed by atoms with Gasteiger partial charge in [0, 0.05) is 0 Å². The smallest absolute Gasteiger partial charge is 0.273 e. The summed E-state index contributed by atoms with van der Waals surface area (Å²) < 4.78 is 0.800. The molecule has 0 unspecified atom stereocenters. The molecule has 1 heterocycles. The lowest BCUT2D eigenvalue weighted by atomic mass is 10.1. The molecule has 0 amide bonds. The lowest BCUT2D eigenvalue weighted by Gasteiger charge is -1.95. The molecular formula is C9H9N2S2+. The summed E-state index contributed by atoms with van der Waals surface area (Å²) in [7, 11) is 3.04. The molecule has 4 heteroatoms. The summed E-state index contributed by atoms with van der Waals surface area (Å²) in [5.41, 5.74) is 7.90. The van der Waals surface area contributed by atoms with E-state index in [0.29, 0.717) is 0 Å². The minimum absolute atomic E-state index is 0.800. The quantitative estimate of drug-likeness (QED) is 0.668. The van der Waals surface area contributed by atoms with E-state index in [2.05, 4.69) is 0 Å². The zero-order valence-electron chi connectivity index (χ0n) is 6.86. The first kappa shape index (κ1) is 8.47. The van der Waals surface area contributed by atoms with E-state index in [-0.39, 0.29) is 0 Å². The maximum absolute atomic E-state index is 5.82. The first-order valence-corrected chi connectivity index (χ1v) is 5.96. The van der Waals surface area contributed by atoms with Gasteiger partial charge in [-0.15, -0.1) is 0 Å². The lowest BCUT2D eigenvalue weighted by molar-refractivity contribution is -0.165. The van der Waals surface area contributed by atoms with Gasteiger partial charge in [-0.3, -0.25) is 0 Å². The van der Waals surface area contributed by atoms with Gasteiger partial charge in [0.05, 0.1) is 5.56 Å². The Kier molecular flexibility index (Phi) is 2.16. The Morgan fingerprint density at radius 3 is 2.31 bits per heavy atom. The van der Waals surface area contributed by atoms with Crippen LogP contribution in [-0.4, -0.2) is 0 Å². The van der Waals surface area contributed by atoms with E-state index in [1.54, 1.807) is 0 Å². The molecule has 0 saturated heterocycles. The van der Waals surface area contributed by atoms with Crippen molar-refractivity contribution in [1.82, 2.24) is 0 Å². The highest BCUT2D eigenvalue weighted by atomic mass is 32.9. The molecule has 2 aromatic rings. The van der Waals surface area contributed by atoms with Crippen LogP contribution in [-0.2, 0) is 0 Å². The molecule has 0 aliphatic heterocycles. The molecule has 2 nitrogen and oxygen atoms in total. The summed E-state index contributed by atoms with van der Waals surface area (Å²) in [5.74, 6) is 0. The minimum atomic E-state index is 0.800. The highest BCUT2D eigenvalue weighted by Crippen LogP contribution is 2.27. The maximum Gasteiger partial charge on any atom is 0.273 e. The van der Waals surface area contributed by atoms with Crippen molar-refractivity contribution in [3.05, 3.63) is 35.0 Å². The van der Waals surface area contributed by atoms with Crippen molar-refractivity contribution >= 4 is 25.7 Å². The average Bonchev–Trinajstić information content (AvgIpc) is 2.48. The molecule has 13 heavy (non-hydrogen) atoms. The highest BCUT2D eigenvalue weighted by Gasteiger charge is 2.10. The van der Waals surface area contributed by atoms with Gasteiger partial charge in [0.1, 0.15) is 5.00 Å². The lowest BCUT2D eigenvalue weighted by Crippen LogP contribution is -2.43. The van der Waals surface area contributed by atoms with Gasteiger partial charge < -0.3 is 5.73 Å². The first-order chi connectivity index (χ1) is 6.29. The number of nitrogens with two attached hydrogens (primary N) is 2. The van der Waals surface area contributed by atoms with Crippen molar-refractivity contribution in [2.75, 3.05) is 5.73 Å². The van der Waals surface area contributed by atoms with Gasteiger partial charge in [0.15, 0.2) is 0 Å². The van der Waals surface area contributed by atoms with Gasteiger partial charge in [-0.1, -0.05) is 40.7 Å². The van der Waals surface area contributed by atoms with Crippen LogP contribution < -0.4 is 15.8 Å². The predicted octanol–water partition coefficient (Wildman–Crippen LogP) is 0.719. The van der Waals surface area contributed by atoms with Crippen LogP contribution in [0.3, 0.4) is 0 Å². The number of anilines is 1. The third-order valence-corrected chi connectivity index (χ3v) is 3.95. The second-order valence-corrected chi connectivity index (χ2v) is 4.85. The summed E-state index contributed by atoms with van der Waals surface area (Å²) in [6, 6.07) is 9.97. The molecule has 0 spiro atoms. The normalized spacial score (nSPS) is 10.2. The topological polar surface area (TPSA) is 51.6 Å². The Morgan fingerprint density at radius 2 is 1.77 bits per heavy atom. The molecule has 1 aromatic carbocycles. The van der Waals surface area contributed by atoms with Gasteiger partial charge in [0.25, 0.3) is 4.67 Å². The molecular weight excluding hydrogens is 200 g/mol. The number of rotatable bonds is 1. The second kappa shape index (κ2) is 3.32. The maximum atomic E-state index is 5.82. The Morgan fingerprint density at radius 1 is 1.08 bits per heavy atom. The van der Waals surface area contributed by atoms with Gasteiger partial charge in [0.2, 0.25) is 0 Å². The zero-order valence-corrected chi connectivity index (χ0v) is 8.49. The Balaban J connectivity index is 2.65. The van der Waals surface area contributed by atoms with Gasteiger partial charge >= 0.3 is 0 Å². The molecule has 0 bridgehead atoms. The van der Waals surface area contributed by atoms with E-state index in [1.807, 2.05) is 30.3 Å². The van der Waals surface area contributed by atoms with Crippen LogP contribution in [0.25, 0.3) is 11.1 Å². The predicted molar refractivity (Wildman–Crippen MR) is 57.1 cm³/mol. The molecule has 2 rings (SSSR count). The van der Waals surface area contributed by atoms with Crippen molar-refractivity contribution in [2.24, 2.45) is 0 Å². The monoisotopic (exact) mass is 209 g/mol. The van der Waals surface area contributed by atoms with Crippen LogP contribution in [0.1, 0.15) is 0 Å². The van der Waals surface area contributed by atoms with E-state index < -0.39 is 0 Å². The van der Waals surface area contributed by atoms with Crippen LogP contribution in [0, 0.1) is 0 Å². The Bertz CT molecular complexity index is 456. The van der Waals surface area contributed by atoms with Crippen LogP contribution in [0.15, 0.2) is 30.3 Å². The van der Waals surface area contributed by atoms with Crippen LogP contribution in [0.2, 0.25) is 0 Å². The largest absolute Gasteiger partial charge is 0.389 e. The molecule has 0 aliphatic carbocycles. The van der Waals surface area contributed by atoms with Gasteiger partial charge in [-0.25, -0.2) is 5.41 Å². The molecule has 0 radical (unpaired) electrons. The third kappa shape index (κ3) is 1.50. The van der Waals surface area contributed by atoms with Crippen LogP contribution in [0.4, 0.5) is 5.00 Å². The molecule has 0 aliphatic rings. The number of hydrogen-bond acceptors (Lipinski definition) is 3. The van der Waals surface area contributed by atoms with Crippen LogP contribution in [0.5, 0.6) is 0 Å². The minimum Gasteiger partial charge on any atom is -0.389 e. The fourth-order valence-electron chi connectivity index (χ4n) is 1.18. The number of hydrogen-bond donors (Lipinski definition) is 2. The zero-order chi connectivity index (χ0) is 9.26. The van der Waals surface area contributed by atoms with Crippen LogP contribution >= 0.6 is 20.7 Å². The summed E-state index contributed by atoms with van der Waals surface area (Å²) in [5, 5.41) is 6.62. The Hall–Kier alpha value is -1.13. The molecule has 1 aromatic heterocycles. The van der Waals surface area contributed by atoms with Crippen molar-refractivity contribution in [3.8, 4) is 11.1 Å². The van der Waals surface area contributed by atoms with Crippen molar-refractivity contribution < 1.29 is 5.41 Å². The van der Waals surface area contributed by atoms with Gasteiger partial charge in [-0.05, 0) is 15.9 Å². The molecule has 0 saturated carbocycles. The highest BCUT2D eigenvalue weighted by molar-refractivity contribution is 7.70. The summed E-state index contributed by atoms with van der Waals surface area (Å²) in [4.78, 5) is 0. The summed E-state index contributed by atoms with van der Waals surface area (Å²) in [6.45, 7) is 0. The average molecular weight is 209 g/mol. The summed E-state index contributed by atoms with van der Waals surface area (Å²) >= 11 is 0. The fraction of sp³-hybridized carbons (Fsp3) is 0. The molecule has 66 valence electrons. The van der Waals surface area contributed by atoms with E-state index in [0.717, 1.165) is 20.8 Å². The first-order valence-electron chi connectivity index (χ1n) is 3.81. The number of benzene rings is 1. The third-order valence-electron chi connectivity index (χ3n) is 1.78. The number of nitrogen functional groups attached to an aromatic ring is 1. The van der Waals surface area contributed by atoms with E-state index in [9.17, 15) is 0 Å². The second-order valence-electron chi connectivity index (χ2n) is 2.64. The molecule has 0 atom stereocenters. The SMILES string of the molecule is Nc1ssc(=[NH2+])c1-c1ccccc1. The van der Waals surface area contributed by atoms with E-state index in [1.165, 1.54) is 20.7 Å². The molecule has 4 N–H and O–H groups in total. The van der Waals surface area contributed by atoms with Crippen molar-refractivity contribution in [2.45, 2.75) is 0 Å². The Labute approximate surface area is 83.2 Å². The fourth-order valence-corrected chi connectivity index (χ4v) is 3.09. The summed E-state index contributed by atoms with van der Waals surface area (Å²) in [6.07, 6.45) is 0. The van der Waals surface area contributed by atoms with Crippen molar-refractivity contribution in [1.29, 1.82) is 0 Å². The van der Waals surface area contributed by atoms with Gasteiger partial charge in [-0.2, -0.15) is 0 Å². The molecule has 0 fully saturated rings. The van der Waals surface area contributed by atoms with E-state index >= 15 is 0 Å². The van der Waals surface area contributed by atoms with E-state index in [4.69, 9.17) is 11.1 Å².